The molecule has 0 atom stereocenters. The van der Waals surface area contributed by atoms with Gasteiger partial charge in [-0.05, 0) is 48.9 Å². The lowest BCUT2D eigenvalue weighted by Gasteiger charge is -2.39. The number of rotatable bonds is 6. The Bertz CT molecular complexity index is 958. The molecule has 3 aromatic rings. The molecule has 29 heavy (non-hydrogen) atoms. The van der Waals surface area contributed by atoms with E-state index in [-0.39, 0.29) is 0 Å². The van der Waals surface area contributed by atoms with Crippen LogP contribution in [0.25, 0.3) is 4.85 Å². The quantitative estimate of drug-likeness (QED) is 0.537. The zero-order valence-corrected chi connectivity index (χ0v) is 17.1. The number of benzene rings is 2. The van der Waals surface area contributed by atoms with E-state index >= 15 is 0 Å². The van der Waals surface area contributed by atoms with Crippen LogP contribution in [0.1, 0.15) is 36.6 Å². The maximum Gasteiger partial charge on any atom is 0.187 e. The molecule has 0 radical (unpaired) electrons. The number of hydrogen-bond donors (Lipinski definition) is 0. The molecule has 1 fully saturated rings. The summed E-state index contributed by atoms with van der Waals surface area (Å²) in [6, 6.07) is 18.7. The fraction of sp³-hybridized carbons (Fsp3) is 0.360. The second-order valence-electron chi connectivity index (χ2n) is 8.54. The summed E-state index contributed by atoms with van der Waals surface area (Å²) >= 11 is 0. The Kier molecular flexibility index (Phi) is 5.78. The van der Waals surface area contributed by atoms with Gasteiger partial charge in [0.2, 0.25) is 0 Å². The lowest BCUT2D eigenvalue weighted by Crippen LogP contribution is -2.39. The van der Waals surface area contributed by atoms with E-state index in [9.17, 15) is 0 Å². The first kappa shape index (κ1) is 19.4. The second kappa shape index (κ2) is 8.63. The molecule has 2 heterocycles. The molecule has 4 nitrogen and oxygen atoms in total. The fourth-order valence-electron chi connectivity index (χ4n) is 4.24. The fourth-order valence-corrected chi connectivity index (χ4v) is 4.24. The molecule has 0 N–H and O–H groups in total. The SMILES string of the molecule is [C-]#[N+]c1ccc(Cn2cncc2CN2CCC(C)(Cc3ccccc3)CC2)cc1. The van der Waals surface area contributed by atoms with Crippen LogP contribution >= 0.6 is 0 Å². The molecular weight excluding hydrogens is 356 g/mol. The lowest BCUT2D eigenvalue weighted by molar-refractivity contribution is 0.111. The van der Waals surface area contributed by atoms with Crippen molar-refractivity contribution in [3.8, 4) is 0 Å². The van der Waals surface area contributed by atoms with Crippen molar-refractivity contribution in [2.24, 2.45) is 5.41 Å². The smallest absolute Gasteiger partial charge is 0.187 e. The van der Waals surface area contributed by atoms with E-state index in [2.05, 4.69) is 56.6 Å². The van der Waals surface area contributed by atoms with Gasteiger partial charge in [-0.3, -0.25) is 4.90 Å². The molecular formula is C25H28N4. The van der Waals surface area contributed by atoms with E-state index in [1.165, 1.54) is 36.1 Å². The Balaban J connectivity index is 1.34. The van der Waals surface area contributed by atoms with Crippen LogP contribution in [-0.2, 0) is 19.5 Å². The maximum atomic E-state index is 7.08. The zero-order valence-electron chi connectivity index (χ0n) is 17.1. The molecule has 0 amide bonds. The molecule has 4 rings (SSSR count). The van der Waals surface area contributed by atoms with Crippen molar-refractivity contribution in [1.29, 1.82) is 0 Å². The number of imidazole rings is 1. The molecule has 0 saturated carbocycles. The molecule has 0 bridgehead atoms. The van der Waals surface area contributed by atoms with Crippen LogP contribution in [0.3, 0.4) is 0 Å². The molecule has 0 spiro atoms. The summed E-state index contributed by atoms with van der Waals surface area (Å²) in [5.41, 5.74) is 4.98. The third-order valence-corrected chi connectivity index (χ3v) is 6.14. The van der Waals surface area contributed by atoms with Gasteiger partial charge in [0, 0.05) is 19.3 Å². The predicted octanol–water partition coefficient (Wildman–Crippen LogP) is 5.33. The van der Waals surface area contributed by atoms with Gasteiger partial charge in [-0.25, -0.2) is 9.83 Å². The highest BCUT2D eigenvalue weighted by atomic mass is 15.2. The zero-order chi connectivity index (χ0) is 20.1. The summed E-state index contributed by atoms with van der Waals surface area (Å²) in [6.07, 6.45) is 7.54. The number of aromatic nitrogens is 2. The van der Waals surface area contributed by atoms with Gasteiger partial charge in [-0.1, -0.05) is 61.5 Å². The third-order valence-electron chi connectivity index (χ3n) is 6.14. The number of piperidine rings is 1. The first-order valence-electron chi connectivity index (χ1n) is 10.4. The summed E-state index contributed by atoms with van der Waals surface area (Å²) in [4.78, 5) is 10.4. The molecule has 0 aliphatic carbocycles. The van der Waals surface area contributed by atoms with Crippen LogP contribution in [-0.4, -0.2) is 27.5 Å². The topological polar surface area (TPSA) is 25.4 Å². The van der Waals surface area contributed by atoms with Crippen molar-refractivity contribution in [3.05, 3.63) is 95.4 Å². The summed E-state index contributed by atoms with van der Waals surface area (Å²) in [6.45, 7) is 13.5. The molecule has 1 aromatic heterocycles. The van der Waals surface area contributed by atoms with Crippen LogP contribution in [0, 0.1) is 12.0 Å². The molecule has 148 valence electrons. The Labute approximate surface area is 173 Å². The van der Waals surface area contributed by atoms with E-state index in [1.807, 2.05) is 36.8 Å². The van der Waals surface area contributed by atoms with Gasteiger partial charge in [0.25, 0.3) is 0 Å². The molecule has 1 saturated heterocycles. The van der Waals surface area contributed by atoms with Crippen molar-refractivity contribution < 1.29 is 0 Å². The Morgan fingerprint density at radius 2 is 1.69 bits per heavy atom. The molecule has 0 unspecified atom stereocenters. The first-order valence-corrected chi connectivity index (χ1v) is 10.4. The highest BCUT2D eigenvalue weighted by Crippen LogP contribution is 2.35. The van der Waals surface area contributed by atoms with Crippen molar-refractivity contribution in [3.63, 3.8) is 0 Å². The minimum atomic E-state index is 0.392. The first-order chi connectivity index (χ1) is 14.1. The Morgan fingerprint density at radius 1 is 0.966 bits per heavy atom. The van der Waals surface area contributed by atoms with E-state index in [0.29, 0.717) is 11.1 Å². The van der Waals surface area contributed by atoms with Crippen molar-refractivity contribution in [2.45, 2.75) is 39.3 Å². The van der Waals surface area contributed by atoms with Gasteiger partial charge < -0.3 is 4.57 Å². The molecule has 1 aliphatic heterocycles. The highest BCUT2D eigenvalue weighted by molar-refractivity contribution is 5.45. The van der Waals surface area contributed by atoms with Crippen LogP contribution in [0.2, 0.25) is 0 Å². The predicted molar refractivity (Wildman–Crippen MR) is 117 cm³/mol. The second-order valence-corrected chi connectivity index (χ2v) is 8.54. The van der Waals surface area contributed by atoms with Gasteiger partial charge >= 0.3 is 0 Å². The number of likely N-dealkylation sites (tertiary alicyclic amines) is 1. The van der Waals surface area contributed by atoms with Gasteiger partial charge in [-0.2, -0.15) is 0 Å². The summed E-state index contributed by atoms with van der Waals surface area (Å²) in [5.74, 6) is 0. The van der Waals surface area contributed by atoms with Crippen LogP contribution in [0.4, 0.5) is 5.69 Å². The highest BCUT2D eigenvalue weighted by Gasteiger charge is 2.30. The summed E-state index contributed by atoms with van der Waals surface area (Å²) < 4.78 is 2.23. The molecule has 1 aliphatic rings. The minimum absolute atomic E-state index is 0.392. The van der Waals surface area contributed by atoms with Crippen LogP contribution < -0.4 is 0 Å². The van der Waals surface area contributed by atoms with E-state index in [1.54, 1.807) is 0 Å². The van der Waals surface area contributed by atoms with Gasteiger partial charge in [-0.15, -0.1) is 0 Å². The average Bonchev–Trinajstić information content (AvgIpc) is 3.17. The van der Waals surface area contributed by atoms with Crippen molar-refractivity contribution in [1.82, 2.24) is 14.5 Å². The van der Waals surface area contributed by atoms with E-state index in [4.69, 9.17) is 6.57 Å². The van der Waals surface area contributed by atoms with Gasteiger partial charge in [0.15, 0.2) is 5.69 Å². The minimum Gasteiger partial charge on any atom is -0.329 e. The number of nitrogens with zero attached hydrogens (tertiary/aromatic N) is 4. The van der Waals surface area contributed by atoms with E-state index in [0.717, 1.165) is 26.2 Å². The lowest BCUT2D eigenvalue weighted by atomic mass is 9.75. The third kappa shape index (κ3) is 4.93. The van der Waals surface area contributed by atoms with Gasteiger partial charge in [0.05, 0.1) is 18.6 Å². The summed E-state index contributed by atoms with van der Waals surface area (Å²) in [7, 11) is 0. The maximum absolute atomic E-state index is 7.08. The van der Waals surface area contributed by atoms with Crippen molar-refractivity contribution in [2.75, 3.05) is 13.1 Å². The van der Waals surface area contributed by atoms with E-state index < -0.39 is 0 Å². The molecule has 2 aromatic carbocycles. The monoisotopic (exact) mass is 384 g/mol. The van der Waals surface area contributed by atoms with Crippen LogP contribution in [0.15, 0.2) is 67.1 Å². The van der Waals surface area contributed by atoms with Crippen molar-refractivity contribution >= 4 is 5.69 Å². The summed E-state index contributed by atoms with van der Waals surface area (Å²) in [5, 5.41) is 0. The Hall–Kier alpha value is -2.90. The molecule has 4 heteroatoms. The average molecular weight is 385 g/mol. The largest absolute Gasteiger partial charge is 0.329 e. The number of hydrogen-bond acceptors (Lipinski definition) is 2. The van der Waals surface area contributed by atoms with Crippen LogP contribution in [0.5, 0.6) is 0 Å². The Morgan fingerprint density at radius 3 is 2.38 bits per heavy atom. The standard InChI is InChI=1S/C25H28N4/c1-25(16-21-6-4-3-5-7-21)12-14-28(15-13-25)19-24-17-27-20-29(24)18-22-8-10-23(26-2)11-9-22/h3-11,17,20H,12-16,18-19H2,1H3. The normalized spacial score (nSPS) is 16.4. The van der Waals surface area contributed by atoms with Gasteiger partial charge in [0.1, 0.15) is 0 Å².